The molecule has 0 aliphatic rings. The molecule has 0 saturated carbocycles. The molecule has 1 aromatic rings. The summed E-state index contributed by atoms with van der Waals surface area (Å²) in [5.74, 6) is -0.394. The van der Waals surface area contributed by atoms with Crippen LogP contribution in [0.3, 0.4) is 0 Å². The fraction of sp³-hybridized carbons (Fsp3) is 0.222. The van der Waals surface area contributed by atoms with Gasteiger partial charge in [0.15, 0.2) is 0 Å². The first-order chi connectivity index (χ1) is 7.10. The molecule has 0 aliphatic carbocycles. The number of nitrogen functional groups attached to an aromatic ring is 1. The van der Waals surface area contributed by atoms with Crippen molar-refractivity contribution in [1.82, 2.24) is 4.98 Å². The summed E-state index contributed by atoms with van der Waals surface area (Å²) < 4.78 is 24.9. The largest absolute Gasteiger partial charge is 0.383 e. The normalized spacial score (nSPS) is 9.67. The van der Waals surface area contributed by atoms with Crippen LogP contribution in [0, 0.1) is 22.7 Å². The van der Waals surface area contributed by atoms with E-state index in [0.717, 1.165) is 6.07 Å². The van der Waals surface area contributed by atoms with Gasteiger partial charge in [-0.1, -0.05) is 0 Å². The number of pyridine rings is 1. The van der Waals surface area contributed by atoms with Gasteiger partial charge in [-0.25, -0.2) is 13.8 Å². The highest BCUT2D eigenvalue weighted by Crippen LogP contribution is 2.27. The Morgan fingerprint density at radius 2 is 2.13 bits per heavy atom. The van der Waals surface area contributed by atoms with Gasteiger partial charge in [0.25, 0.3) is 6.43 Å². The lowest BCUT2D eigenvalue weighted by molar-refractivity contribution is 0.151. The lowest BCUT2D eigenvalue weighted by Gasteiger charge is -2.07. The predicted molar refractivity (Wildman–Crippen MR) is 47.6 cm³/mol. The summed E-state index contributed by atoms with van der Waals surface area (Å²) in [5, 5.41) is 17.0. The van der Waals surface area contributed by atoms with E-state index in [9.17, 15) is 8.78 Å². The third-order valence-corrected chi connectivity index (χ3v) is 1.74. The van der Waals surface area contributed by atoms with Crippen molar-refractivity contribution in [2.24, 2.45) is 0 Å². The van der Waals surface area contributed by atoms with E-state index in [2.05, 4.69) is 4.98 Å². The monoisotopic (exact) mass is 208 g/mol. The summed E-state index contributed by atoms with van der Waals surface area (Å²) in [7, 11) is 0. The van der Waals surface area contributed by atoms with Crippen molar-refractivity contribution in [3.05, 3.63) is 22.9 Å². The molecule has 15 heavy (non-hydrogen) atoms. The maximum atomic E-state index is 12.5. The molecule has 1 rings (SSSR count). The fourth-order valence-corrected chi connectivity index (χ4v) is 1.12. The number of aromatic nitrogens is 1. The summed E-state index contributed by atoms with van der Waals surface area (Å²) in [5.41, 5.74) is 4.69. The second-order valence-electron chi connectivity index (χ2n) is 2.71. The van der Waals surface area contributed by atoms with Crippen molar-refractivity contribution in [3.63, 3.8) is 0 Å². The van der Waals surface area contributed by atoms with Crippen LogP contribution in [0.1, 0.15) is 23.2 Å². The van der Waals surface area contributed by atoms with Crippen molar-refractivity contribution in [2.45, 2.75) is 12.8 Å². The molecular formula is C9H6F2N4. The van der Waals surface area contributed by atoms with Crippen molar-refractivity contribution < 1.29 is 8.78 Å². The molecule has 0 spiro atoms. The number of nitriles is 2. The molecule has 6 heteroatoms. The van der Waals surface area contributed by atoms with Crippen LogP contribution in [0.25, 0.3) is 0 Å². The SMILES string of the molecule is N#CCc1cc(C#N)c(C(F)F)c(N)n1. The van der Waals surface area contributed by atoms with Crippen molar-refractivity contribution in [1.29, 1.82) is 10.5 Å². The highest BCUT2D eigenvalue weighted by atomic mass is 19.3. The standard InChI is InChI=1S/C9H6F2N4/c10-8(11)7-5(4-13)3-6(1-2-12)15-9(7)14/h3,8H,1H2,(H2,14,15). The van der Waals surface area contributed by atoms with Crippen LogP contribution in [0.2, 0.25) is 0 Å². The van der Waals surface area contributed by atoms with Crippen LogP contribution >= 0.6 is 0 Å². The number of hydrogen-bond donors (Lipinski definition) is 1. The van der Waals surface area contributed by atoms with Crippen molar-refractivity contribution in [3.8, 4) is 12.1 Å². The number of rotatable bonds is 2. The Morgan fingerprint density at radius 1 is 1.47 bits per heavy atom. The number of nitrogens with two attached hydrogens (primary N) is 1. The molecule has 2 N–H and O–H groups in total. The molecular weight excluding hydrogens is 202 g/mol. The van der Waals surface area contributed by atoms with Crippen LogP contribution in [0.15, 0.2) is 6.07 Å². The number of alkyl halides is 2. The van der Waals surface area contributed by atoms with Gasteiger partial charge in [0.1, 0.15) is 5.82 Å². The molecule has 0 amide bonds. The van der Waals surface area contributed by atoms with Crippen LogP contribution in [0.4, 0.5) is 14.6 Å². The van der Waals surface area contributed by atoms with E-state index in [4.69, 9.17) is 16.3 Å². The van der Waals surface area contributed by atoms with Crippen LogP contribution in [-0.4, -0.2) is 4.98 Å². The van der Waals surface area contributed by atoms with Gasteiger partial charge in [0.2, 0.25) is 0 Å². The Bertz CT molecular complexity index is 456. The van der Waals surface area contributed by atoms with E-state index < -0.39 is 17.8 Å². The van der Waals surface area contributed by atoms with Gasteiger partial charge in [-0.15, -0.1) is 0 Å². The zero-order valence-electron chi connectivity index (χ0n) is 7.54. The molecule has 76 valence electrons. The van der Waals surface area contributed by atoms with Gasteiger partial charge in [-0.3, -0.25) is 0 Å². The third-order valence-electron chi connectivity index (χ3n) is 1.74. The van der Waals surface area contributed by atoms with Crippen LogP contribution in [-0.2, 0) is 6.42 Å². The summed E-state index contributed by atoms with van der Waals surface area (Å²) in [6.07, 6.45) is -2.91. The first kappa shape index (κ1) is 10.9. The maximum Gasteiger partial charge on any atom is 0.268 e. The average Bonchev–Trinajstić information content (AvgIpc) is 2.16. The van der Waals surface area contributed by atoms with Gasteiger partial charge in [0.05, 0.1) is 35.4 Å². The van der Waals surface area contributed by atoms with Crippen molar-refractivity contribution >= 4 is 5.82 Å². The quantitative estimate of drug-likeness (QED) is 0.798. The smallest absolute Gasteiger partial charge is 0.268 e. The average molecular weight is 208 g/mol. The topological polar surface area (TPSA) is 86.5 Å². The molecule has 1 aromatic heterocycles. The molecule has 0 saturated heterocycles. The minimum Gasteiger partial charge on any atom is -0.383 e. The van der Waals surface area contributed by atoms with Gasteiger partial charge >= 0.3 is 0 Å². The van der Waals surface area contributed by atoms with Gasteiger partial charge in [0, 0.05) is 0 Å². The third kappa shape index (κ3) is 2.18. The van der Waals surface area contributed by atoms with E-state index in [1.807, 2.05) is 0 Å². The lowest BCUT2D eigenvalue weighted by Crippen LogP contribution is -2.04. The van der Waals surface area contributed by atoms with Crippen LogP contribution < -0.4 is 5.73 Å². The molecule has 0 aliphatic heterocycles. The second kappa shape index (κ2) is 4.34. The fourth-order valence-electron chi connectivity index (χ4n) is 1.12. The summed E-state index contributed by atoms with van der Waals surface area (Å²) in [4.78, 5) is 3.62. The Kier molecular flexibility index (Phi) is 3.14. The van der Waals surface area contributed by atoms with Gasteiger partial charge in [-0.2, -0.15) is 10.5 Å². The van der Waals surface area contributed by atoms with E-state index in [0.29, 0.717) is 0 Å². The summed E-state index contributed by atoms with van der Waals surface area (Å²) in [6, 6.07) is 4.56. The van der Waals surface area contributed by atoms with Gasteiger partial charge in [-0.05, 0) is 6.07 Å². The predicted octanol–water partition coefficient (Wildman–Crippen LogP) is 1.54. The lowest BCUT2D eigenvalue weighted by atomic mass is 10.1. The summed E-state index contributed by atoms with van der Waals surface area (Å²) in [6.45, 7) is 0. The molecule has 0 bridgehead atoms. The minimum atomic E-state index is -2.84. The summed E-state index contributed by atoms with van der Waals surface area (Å²) >= 11 is 0. The molecule has 1 heterocycles. The Hall–Kier alpha value is -2.21. The Balaban J connectivity index is 3.34. The minimum absolute atomic E-state index is 0.0671. The van der Waals surface area contributed by atoms with E-state index in [-0.39, 0.29) is 17.7 Å². The Labute approximate surface area is 84.6 Å². The number of halogens is 2. The Morgan fingerprint density at radius 3 is 2.60 bits per heavy atom. The second-order valence-corrected chi connectivity index (χ2v) is 2.71. The van der Waals surface area contributed by atoms with E-state index >= 15 is 0 Å². The zero-order chi connectivity index (χ0) is 11.4. The molecule has 4 nitrogen and oxygen atoms in total. The molecule has 0 unspecified atom stereocenters. The number of nitrogens with zero attached hydrogens (tertiary/aromatic N) is 3. The molecule has 0 atom stereocenters. The zero-order valence-corrected chi connectivity index (χ0v) is 7.54. The van der Waals surface area contributed by atoms with E-state index in [1.54, 1.807) is 12.1 Å². The maximum absolute atomic E-state index is 12.5. The first-order valence-corrected chi connectivity index (χ1v) is 3.94. The van der Waals surface area contributed by atoms with Crippen molar-refractivity contribution in [2.75, 3.05) is 5.73 Å². The first-order valence-electron chi connectivity index (χ1n) is 3.94. The van der Waals surface area contributed by atoms with Gasteiger partial charge < -0.3 is 5.73 Å². The highest BCUT2D eigenvalue weighted by Gasteiger charge is 2.18. The van der Waals surface area contributed by atoms with Crippen LogP contribution in [0.5, 0.6) is 0 Å². The van der Waals surface area contributed by atoms with E-state index in [1.165, 1.54) is 0 Å². The molecule has 0 radical (unpaired) electrons. The molecule has 0 aromatic carbocycles. The highest BCUT2D eigenvalue weighted by molar-refractivity contribution is 5.52. The molecule has 0 fully saturated rings. The number of anilines is 1. The number of hydrogen-bond acceptors (Lipinski definition) is 4.